The number of fused-ring (bicyclic) bond motifs is 1. The van der Waals surface area contributed by atoms with Crippen molar-refractivity contribution in [2.24, 2.45) is 29.1 Å². The maximum absolute atomic E-state index is 13.7. The fourth-order valence-electron chi connectivity index (χ4n) is 5.96. The molecule has 0 N–H and O–H groups in total. The van der Waals surface area contributed by atoms with Crippen LogP contribution in [0.25, 0.3) is 0 Å². The first kappa shape index (κ1) is 24.1. The molecule has 0 aliphatic heterocycles. The number of esters is 4. The normalized spacial score (nSPS) is 32.6. The van der Waals surface area contributed by atoms with Crippen molar-refractivity contribution in [3.05, 3.63) is 35.9 Å². The number of carbonyl (C=O) groups is 6. The number of hydrogen-bond acceptors (Lipinski definition) is 10. The van der Waals surface area contributed by atoms with Gasteiger partial charge in [0.05, 0.1) is 28.4 Å². The molecule has 2 aliphatic rings. The molecule has 0 amide bonds. The first-order valence-corrected chi connectivity index (χ1v) is 10.0. The molecule has 1 aromatic rings. The predicted octanol–water partition coefficient (Wildman–Crippen LogP) is 0.253. The second-order valence-electron chi connectivity index (χ2n) is 8.15. The highest BCUT2D eigenvalue weighted by Gasteiger charge is 2.85. The van der Waals surface area contributed by atoms with E-state index in [2.05, 4.69) is 0 Å². The molecule has 3 rings (SSSR count). The molecule has 4 unspecified atom stereocenters. The standard InChI is InChI=1S/C23H24O10/c1-22-12(18(26)30-2)16(24)14(20(28)32-4)23(22,11-9-7-6-8-10-11)15(21(29)33-5)17(25)13(22)19(27)31-3/h6-10,12-15H,1-5H3. The zero-order valence-corrected chi connectivity index (χ0v) is 18.8. The van der Waals surface area contributed by atoms with Gasteiger partial charge in [0.2, 0.25) is 0 Å². The molecule has 0 bridgehead atoms. The summed E-state index contributed by atoms with van der Waals surface area (Å²) in [5, 5.41) is 0. The van der Waals surface area contributed by atoms with E-state index in [1.54, 1.807) is 18.2 Å². The summed E-state index contributed by atoms with van der Waals surface area (Å²) in [6, 6.07) is 7.85. The van der Waals surface area contributed by atoms with Gasteiger partial charge >= 0.3 is 23.9 Å². The van der Waals surface area contributed by atoms with Gasteiger partial charge in [-0.2, -0.15) is 0 Å². The lowest BCUT2D eigenvalue weighted by Crippen LogP contribution is -2.54. The molecule has 0 radical (unpaired) electrons. The Labute approximate surface area is 189 Å². The third kappa shape index (κ3) is 2.86. The van der Waals surface area contributed by atoms with Crippen molar-refractivity contribution in [1.29, 1.82) is 0 Å². The quantitative estimate of drug-likeness (QED) is 0.341. The maximum Gasteiger partial charge on any atom is 0.317 e. The number of benzene rings is 1. The van der Waals surface area contributed by atoms with Crippen molar-refractivity contribution < 1.29 is 47.7 Å². The van der Waals surface area contributed by atoms with E-state index >= 15 is 0 Å². The van der Waals surface area contributed by atoms with Gasteiger partial charge in [-0.05, 0) is 5.56 Å². The largest absolute Gasteiger partial charge is 0.468 e. The fraction of sp³-hybridized carbons (Fsp3) is 0.478. The van der Waals surface area contributed by atoms with Crippen LogP contribution in [0.4, 0.5) is 0 Å². The van der Waals surface area contributed by atoms with Crippen molar-refractivity contribution in [1.82, 2.24) is 0 Å². The molecular weight excluding hydrogens is 436 g/mol. The lowest BCUT2D eigenvalue weighted by molar-refractivity contribution is -0.161. The smallest absolute Gasteiger partial charge is 0.317 e. The van der Waals surface area contributed by atoms with E-state index in [0.717, 1.165) is 28.4 Å². The van der Waals surface area contributed by atoms with E-state index < -0.39 is 69.9 Å². The van der Waals surface area contributed by atoms with Crippen molar-refractivity contribution in [3.63, 3.8) is 0 Å². The van der Waals surface area contributed by atoms with Gasteiger partial charge in [0, 0.05) is 10.8 Å². The predicted molar refractivity (Wildman–Crippen MR) is 108 cm³/mol. The molecule has 10 nitrogen and oxygen atoms in total. The zero-order valence-electron chi connectivity index (χ0n) is 18.8. The number of methoxy groups -OCH3 is 4. The summed E-state index contributed by atoms with van der Waals surface area (Å²) in [5.74, 6) is -13.1. The highest BCUT2D eigenvalue weighted by Crippen LogP contribution is 2.70. The summed E-state index contributed by atoms with van der Waals surface area (Å²) in [6.07, 6.45) is 0. The Bertz CT molecular complexity index is 971. The number of ether oxygens (including phenoxy) is 4. The Morgan fingerprint density at radius 3 is 1.30 bits per heavy atom. The first-order chi connectivity index (χ1) is 15.6. The minimum atomic E-state index is -1.99. The van der Waals surface area contributed by atoms with E-state index in [1.807, 2.05) is 0 Å². The van der Waals surface area contributed by atoms with E-state index in [-0.39, 0.29) is 5.56 Å². The van der Waals surface area contributed by atoms with Crippen molar-refractivity contribution in [2.45, 2.75) is 12.3 Å². The molecule has 33 heavy (non-hydrogen) atoms. The van der Waals surface area contributed by atoms with Crippen molar-refractivity contribution >= 4 is 35.4 Å². The third-order valence-electron chi connectivity index (χ3n) is 7.14. The topological polar surface area (TPSA) is 139 Å². The molecule has 0 spiro atoms. The van der Waals surface area contributed by atoms with Gasteiger partial charge in [0.15, 0.2) is 11.6 Å². The van der Waals surface area contributed by atoms with Crippen LogP contribution in [0, 0.1) is 29.1 Å². The lowest BCUT2D eigenvalue weighted by atomic mass is 9.54. The Hall–Kier alpha value is -3.56. The number of rotatable bonds is 5. The van der Waals surface area contributed by atoms with Crippen LogP contribution in [0.2, 0.25) is 0 Å². The second kappa shape index (κ2) is 8.42. The van der Waals surface area contributed by atoms with Crippen LogP contribution in [0.3, 0.4) is 0 Å². The first-order valence-electron chi connectivity index (χ1n) is 10.0. The van der Waals surface area contributed by atoms with Gasteiger partial charge in [0.25, 0.3) is 0 Å². The number of hydrogen-bond donors (Lipinski definition) is 0. The molecule has 2 aliphatic carbocycles. The minimum absolute atomic E-state index is 0.220. The Kier molecular flexibility index (Phi) is 6.14. The number of ketones is 2. The Balaban J connectivity index is 2.57. The van der Waals surface area contributed by atoms with Crippen LogP contribution in [-0.4, -0.2) is 63.9 Å². The molecule has 1 aromatic carbocycles. The third-order valence-corrected chi connectivity index (χ3v) is 7.14. The van der Waals surface area contributed by atoms with E-state index in [1.165, 1.54) is 19.1 Å². The van der Waals surface area contributed by atoms with Gasteiger partial charge in [-0.3, -0.25) is 28.8 Å². The van der Waals surface area contributed by atoms with E-state index in [0.29, 0.717) is 0 Å². The average Bonchev–Trinajstić information content (AvgIpc) is 3.15. The summed E-state index contributed by atoms with van der Waals surface area (Å²) in [4.78, 5) is 79.4. The molecule has 0 aromatic heterocycles. The van der Waals surface area contributed by atoms with Crippen LogP contribution in [-0.2, 0) is 53.1 Å². The fourth-order valence-corrected chi connectivity index (χ4v) is 5.96. The Morgan fingerprint density at radius 1 is 0.636 bits per heavy atom. The summed E-state index contributed by atoms with van der Waals surface area (Å²) in [5.41, 5.74) is -3.68. The lowest BCUT2D eigenvalue weighted by Gasteiger charge is -2.44. The van der Waals surface area contributed by atoms with Crippen LogP contribution >= 0.6 is 0 Å². The Morgan fingerprint density at radius 2 is 0.970 bits per heavy atom. The van der Waals surface area contributed by atoms with Crippen LogP contribution in [0.1, 0.15) is 12.5 Å². The van der Waals surface area contributed by atoms with Gasteiger partial charge in [-0.1, -0.05) is 37.3 Å². The summed E-state index contributed by atoms with van der Waals surface area (Å²) < 4.78 is 19.5. The van der Waals surface area contributed by atoms with Crippen molar-refractivity contribution in [3.8, 4) is 0 Å². The molecule has 176 valence electrons. The second-order valence-corrected chi connectivity index (χ2v) is 8.15. The highest BCUT2D eigenvalue weighted by molar-refractivity contribution is 6.21. The van der Waals surface area contributed by atoms with Crippen molar-refractivity contribution in [2.75, 3.05) is 28.4 Å². The zero-order chi connectivity index (χ0) is 24.7. The molecule has 4 atom stereocenters. The summed E-state index contributed by atoms with van der Waals surface area (Å²) in [6.45, 7) is 1.35. The minimum Gasteiger partial charge on any atom is -0.468 e. The monoisotopic (exact) mass is 460 g/mol. The van der Waals surface area contributed by atoms with Crippen LogP contribution in [0.15, 0.2) is 30.3 Å². The average molecular weight is 460 g/mol. The van der Waals surface area contributed by atoms with Gasteiger partial charge in [0.1, 0.15) is 23.7 Å². The molecule has 0 heterocycles. The molecule has 10 heteroatoms. The number of Topliss-reactive ketones (excluding diaryl/α,β-unsaturated/α-hetero) is 2. The highest BCUT2D eigenvalue weighted by atomic mass is 16.5. The van der Waals surface area contributed by atoms with Gasteiger partial charge in [-0.15, -0.1) is 0 Å². The molecular formula is C23H24O10. The van der Waals surface area contributed by atoms with Gasteiger partial charge < -0.3 is 18.9 Å². The van der Waals surface area contributed by atoms with Crippen LogP contribution in [0.5, 0.6) is 0 Å². The van der Waals surface area contributed by atoms with Crippen LogP contribution < -0.4 is 0 Å². The summed E-state index contributed by atoms with van der Waals surface area (Å²) in [7, 11) is 4.16. The maximum atomic E-state index is 13.7. The number of carbonyl (C=O) groups excluding carboxylic acids is 6. The van der Waals surface area contributed by atoms with Gasteiger partial charge in [-0.25, -0.2) is 0 Å². The van der Waals surface area contributed by atoms with E-state index in [9.17, 15) is 28.8 Å². The molecule has 2 fully saturated rings. The molecule has 0 saturated heterocycles. The van der Waals surface area contributed by atoms with E-state index in [4.69, 9.17) is 18.9 Å². The summed E-state index contributed by atoms with van der Waals surface area (Å²) >= 11 is 0. The molecule has 2 saturated carbocycles. The SMILES string of the molecule is COC(=O)C1C(=O)C(C(=O)OC)C2(c3ccccc3)C(C(=O)OC)C(=O)C(C(=O)OC)C12C.